The van der Waals surface area contributed by atoms with Crippen molar-refractivity contribution in [3.8, 4) is 0 Å². The highest BCUT2D eigenvalue weighted by atomic mass is 32.1. The van der Waals surface area contributed by atoms with Gasteiger partial charge in [-0.05, 0) is 36.4 Å². The molecule has 0 saturated carbocycles. The van der Waals surface area contributed by atoms with E-state index in [4.69, 9.17) is 0 Å². The molecule has 1 saturated heterocycles. The third kappa shape index (κ3) is 2.55. The van der Waals surface area contributed by atoms with E-state index in [1.807, 2.05) is 35.2 Å². The summed E-state index contributed by atoms with van der Waals surface area (Å²) in [6.07, 6.45) is 3.29. The summed E-state index contributed by atoms with van der Waals surface area (Å²) in [7, 11) is 0. The number of nitrogens with one attached hydrogen (secondary N) is 1. The highest BCUT2D eigenvalue weighted by Gasteiger charge is 2.32. The highest BCUT2D eigenvalue weighted by molar-refractivity contribution is 7.20. The summed E-state index contributed by atoms with van der Waals surface area (Å²) < 4.78 is 1.11. The Kier molecular flexibility index (Phi) is 3.46. The van der Waals surface area contributed by atoms with Crippen molar-refractivity contribution in [2.45, 2.75) is 18.9 Å². The SMILES string of the molecule is O=C(c1cc2ccccc2s1)N1CCCC1c1ccnc(=O)[nH]1. The Morgan fingerprint density at radius 1 is 1.30 bits per heavy atom. The third-order valence-corrected chi connectivity index (χ3v) is 5.31. The lowest BCUT2D eigenvalue weighted by molar-refractivity contribution is 0.0737. The van der Waals surface area contributed by atoms with Crippen LogP contribution in [-0.2, 0) is 0 Å². The molecule has 4 rings (SSSR count). The largest absolute Gasteiger partial charge is 0.345 e. The maximum absolute atomic E-state index is 12.9. The number of benzene rings is 1. The molecule has 1 unspecified atom stereocenters. The zero-order valence-corrected chi connectivity index (χ0v) is 13.2. The minimum atomic E-state index is -0.372. The monoisotopic (exact) mass is 325 g/mol. The van der Waals surface area contributed by atoms with Gasteiger partial charge in [0.2, 0.25) is 0 Å². The molecule has 0 radical (unpaired) electrons. The average molecular weight is 325 g/mol. The van der Waals surface area contributed by atoms with Gasteiger partial charge in [-0.1, -0.05) is 18.2 Å². The summed E-state index contributed by atoms with van der Waals surface area (Å²) in [6, 6.07) is 11.7. The van der Waals surface area contributed by atoms with Crippen molar-refractivity contribution in [3.63, 3.8) is 0 Å². The minimum absolute atomic E-state index is 0.0337. The van der Waals surface area contributed by atoms with Gasteiger partial charge in [-0.15, -0.1) is 11.3 Å². The molecule has 1 aliphatic heterocycles. The van der Waals surface area contributed by atoms with E-state index in [0.717, 1.165) is 33.5 Å². The van der Waals surface area contributed by atoms with E-state index in [1.54, 1.807) is 6.07 Å². The molecule has 116 valence electrons. The van der Waals surface area contributed by atoms with Crippen LogP contribution in [0.4, 0.5) is 0 Å². The second-order valence-corrected chi connectivity index (χ2v) is 6.72. The van der Waals surface area contributed by atoms with Gasteiger partial charge in [0.1, 0.15) is 0 Å². The Hall–Kier alpha value is -2.47. The van der Waals surface area contributed by atoms with Crippen LogP contribution in [0.15, 0.2) is 47.4 Å². The Labute approximate surface area is 136 Å². The first-order valence-corrected chi connectivity index (χ1v) is 8.39. The summed E-state index contributed by atoms with van der Waals surface area (Å²) in [5.74, 6) is 0.0337. The van der Waals surface area contributed by atoms with Gasteiger partial charge in [0.05, 0.1) is 10.9 Å². The standard InChI is InChI=1S/C17H15N3O2S/c21-16(15-10-11-4-1-2-6-14(11)23-15)20-9-3-5-13(20)12-7-8-18-17(22)19-12/h1-2,4,6-8,10,13H,3,5,9H2,(H,18,19,22). The first kappa shape index (κ1) is 14.1. The lowest BCUT2D eigenvalue weighted by atomic mass is 10.1. The molecule has 0 bridgehead atoms. The molecule has 1 aromatic carbocycles. The fourth-order valence-electron chi connectivity index (χ4n) is 3.14. The summed E-state index contributed by atoms with van der Waals surface area (Å²) >= 11 is 1.52. The molecule has 3 heterocycles. The first-order chi connectivity index (χ1) is 11.2. The molecular formula is C17H15N3O2S. The molecule has 1 amide bonds. The molecule has 5 nitrogen and oxygen atoms in total. The number of hydrogen-bond donors (Lipinski definition) is 1. The van der Waals surface area contributed by atoms with Gasteiger partial charge in [0.15, 0.2) is 0 Å². The number of aromatic amines is 1. The third-order valence-electron chi connectivity index (χ3n) is 4.21. The van der Waals surface area contributed by atoms with E-state index in [9.17, 15) is 9.59 Å². The molecule has 1 fully saturated rings. The maximum Gasteiger partial charge on any atom is 0.345 e. The summed E-state index contributed by atoms with van der Waals surface area (Å²) in [5.41, 5.74) is 0.389. The lowest BCUT2D eigenvalue weighted by Gasteiger charge is -2.24. The number of likely N-dealkylation sites (tertiary alicyclic amines) is 1. The molecule has 2 aromatic heterocycles. The fourth-order valence-corrected chi connectivity index (χ4v) is 4.16. The van der Waals surface area contributed by atoms with Gasteiger partial charge < -0.3 is 9.88 Å². The van der Waals surface area contributed by atoms with Gasteiger partial charge in [0.25, 0.3) is 5.91 Å². The van der Waals surface area contributed by atoms with Crippen LogP contribution in [0.2, 0.25) is 0 Å². The zero-order chi connectivity index (χ0) is 15.8. The highest BCUT2D eigenvalue weighted by Crippen LogP contribution is 2.34. The molecule has 1 N–H and O–H groups in total. The fraction of sp³-hybridized carbons (Fsp3) is 0.235. The number of aromatic nitrogens is 2. The maximum atomic E-state index is 12.9. The van der Waals surface area contributed by atoms with Crippen LogP contribution < -0.4 is 5.69 Å². The van der Waals surface area contributed by atoms with Gasteiger partial charge >= 0.3 is 5.69 Å². The van der Waals surface area contributed by atoms with Crippen LogP contribution in [0, 0.1) is 0 Å². The van der Waals surface area contributed by atoms with Crippen LogP contribution in [0.5, 0.6) is 0 Å². The summed E-state index contributed by atoms with van der Waals surface area (Å²) in [6.45, 7) is 0.710. The van der Waals surface area contributed by atoms with Crippen molar-refractivity contribution in [1.29, 1.82) is 0 Å². The second-order valence-electron chi connectivity index (χ2n) is 5.64. The number of amides is 1. The van der Waals surface area contributed by atoms with Crippen LogP contribution >= 0.6 is 11.3 Å². The number of fused-ring (bicyclic) bond motifs is 1. The van der Waals surface area contributed by atoms with Crippen molar-refractivity contribution in [3.05, 3.63) is 63.7 Å². The number of rotatable bonds is 2. The molecule has 1 atom stereocenters. The summed E-state index contributed by atoms with van der Waals surface area (Å²) in [4.78, 5) is 33.4. The van der Waals surface area contributed by atoms with Crippen molar-refractivity contribution < 1.29 is 4.79 Å². The molecule has 23 heavy (non-hydrogen) atoms. The zero-order valence-electron chi connectivity index (χ0n) is 12.4. The topological polar surface area (TPSA) is 66.1 Å². The Morgan fingerprint density at radius 2 is 2.17 bits per heavy atom. The number of carbonyl (C=O) groups excluding carboxylic acids is 1. The Bertz CT molecular complexity index is 897. The Balaban J connectivity index is 1.68. The van der Waals surface area contributed by atoms with Crippen LogP contribution in [0.25, 0.3) is 10.1 Å². The number of carbonyl (C=O) groups is 1. The van der Waals surface area contributed by atoms with Crippen molar-refractivity contribution in [2.75, 3.05) is 6.54 Å². The molecule has 3 aromatic rings. The Morgan fingerprint density at radius 3 is 3.00 bits per heavy atom. The predicted octanol–water partition coefficient (Wildman–Crippen LogP) is 2.96. The van der Waals surface area contributed by atoms with Crippen molar-refractivity contribution >= 4 is 27.3 Å². The van der Waals surface area contributed by atoms with Gasteiger partial charge in [-0.3, -0.25) is 4.79 Å². The van der Waals surface area contributed by atoms with Gasteiger partial charge in [-0.25, -0.2) is 9.78 Å². The van der Waals surface area contributed by atoms with E-state index < -0.39 is 0 Å². The van der Waals surface area contributed by atoms with Crippen molar-refractivity contribution in [1.82, 2.24) is 14.9 Å². The summed E-state index contributed by atoms with van der Waals surface area (Å²) in [5, 5.41) is 1.09. The van der Waals surface area contributed by atoms with E-state index in [2.05, 4.69) is 9.97 Å². The lowest BCUT2D eigenvalue weighted by Crippen LogP contribution is -2.31. The number of hydrogen-bond acceptors (Lipinski definition) is 4. The molecule has 6 heteroatoms. The van der Waals surface area contributed by atoms with E-state index in [1.165, 1.54) is 17.5 Å². The van der Waals surface area contributed by atoms with E-state index in [0.29, 0.717) is 6.54 Å². The van der Waals surface area contributed by atoms with Crippen LogP contribution in [-0.4, -0.2) is 27.3 Å². The molecular weight excluding hydrogens is 310 g/mol. The smallest absolute Gasteiger partial charge is 0.329 e. The van der Waals surface area contributed by atoms with Gasteiger partial charge in [-0.2, -0.15) is 0 Å². The predicted molar refractivity (Wildman–Crippen MR) is 89.7 cm³/mol. The average Bonchev–Trinajstić information content (AvgIpc) is 3.21. The number of thiophene rings is 1. The number of nitrogens with zero attached hydrogens (tertiary/aromatic N) is 2. The van der Waals surface area contributed by atoms with E-state index in [-0.39, 0.29) is 17.6 Å². The first-order valence-electron chi connectivity index (χ1n) is 7.57. The second kappa shape index (κ2) is 5.62. The molecule has 0 aliphatic carbocycles. The van der Waals surface area contributed by atoms with Crippen LogP contribution in [0.1, 0.15) is 34.2 Å². The normalized spacial score (nSPS) is 17.7. The van der Waals surface area contributed by atoms with Crippen LogP contribution in [0.3, 0.4) is 0 Å². The quantitative estimate of drug-likeness (QED) is 0.788. The van der Waals surface area contributed by atoms with Gasteiger partial charge in [0, 0.05) is 23.1 Å². The molecule has 1 aliphatic rings. The minimum Gasteiger partial charge on any atom is -0.329 e. The van der Waals surface area contributed by atoms with Crippen molar-refractivity contribution in [2.24, 2.45) is 0 Å². The molecule has 0 spiro atoms. The number of H-pyrrole nitrogens is 1. The van der Waals surface area contributed by atoms with E-state index >= 15 is 0 Å².